The number of rotatable bonds is 4. The lowest BCUT2D eigenvalue weighted by molar-refractivity contribution is -0.126. The molecule has 1 atom stereocenters. The smallest absolute Gasteiger partial charge is 0.286 e. The minimum atomic E-state index is -3.04. The highest BCUT2D eigenvalue weighted by Crippen LogP contribution is 2.30. The van der Waals surface area contributed by atoms with Gasteiger partial charge >= 0.3 is 0 Å². The molecule has 130 valence electrons. The number of nitrogens with zero attached hydrogens (tertiary/aromatic N) is 4. The van der Waals surface area contributed by atoms with Crippen LogP contribution in [0.4, 0.5) is 20.5 Å². The average molecular weight is 337 g/mol. The summed E-state index contributed by atoms with van der Waals surface area (Å²) in [5.41, 5.74) is 0. The van der Waals surface area contributed by atoms with E-state index < -0.39 is 24.4 Å². The molecule has 3 heterocycles. The molecule has 0 aliphatic carbocycles. The van der Waals surface area contributed by atoms with Crippen LogP contribution < -0.4 is 10.2 Å². The van der Waals surface area contributed by atoms with Crippen LogP contribution in [0.1, 0.15) is 19.3 Å². The van der Waals surface area contributed by atoms with Crippen molar-refractivity contribution in [3.8, 4) is 0 Å². The summed E-state index contributed by atoms with van der Waals surface area (Å²) in [6.07, 6.45) is 6.03. The molecule has 2 aliphatic rings. The largest absolute Gasteiger partial charge is 0.356 e. The highest BCUT2D eigenvalue weighted by atomic mass is 19.3. The van der Waals surface area contributed by atoms with Crippen molar-refractivity contribution in [1.29, 1.82) is 0 Å². The molecule has 8 heteroatoms. The maximum atomic E-state index is 14.1. The standard InChI is InChI=1S/C16H21F2N5O/c1-2-14(24)23-10-12(16(17,18)11-23)20-15-19-7-6-13(21-15)22-8-4-3-5-9-22/h2,6-7,12H,1,3-5,8-11H2,(H,19,20,21). The molecule has 2 saturated heterocycles. The summed E-state index contributed by atoms with van der Waals surface area (Å²) in [7, 11) is 0. The number of alkyl halides is 2. The topological polar surface area (TPSA) is 61.4 Å². The Hall–Kier alpha value is -2.25. The van der Waals surface area contributed by atoms with Crippen LogP contribution in [0.3, 0.4) is 0 Å². The maximum absolute atomic E-state index is 14.1. The van der Waals surface area contributed by atoms with Crippen LogP contribution in [-0.4, -0.2) is 58.9 Å². The van der Waals surface area contributed by atoms with Crippen molar-refractivity contribution in [2.45, 2.75) is 31.2 Å². The number of carbonyl (C=O) groups excluding carboxylic acids is 1. The predicted octanol–water partition coefficient (Wildman–Crippen LogP) is 1.91. The Morgan fingerprint density at radius 2 is 2.12 bits per heavy atom. The van der Waals surface area contributed by atoms with Crippen LogP contribution in [0.25, 0.3) is 0 Å². The number of anilines is 2. The van der Waals surface area contributed by atoms with E-state index in [-0.39, 0.29) is 12.5 Å². The Labute approximate surface area is 139 Å². The number of nitrogens with one attached hydrogen (secondary N) is 1. The van der Waals surface area contributed by atoms with Gasteiger partial charge in [0.15, 0.2) is 0 Å². The molecule has 1 aromatic heterocycles. The van der Waals surface area contributed by atoms with Gasteiger partial charge in [0, 0.05) is 25.8 Å². The molecule has 0 aromatic carbocycles. The summed E-state index contributed by atoms with van der Waals surface area (Å²) in [5, 5.41) is 2.69. The molecular weight excluding hydrogens is 316 g/mol. The number of aromatic nitrogens is 2. The van der Waals surface area contributed by atoms with Crippen molar-refractivity contribution >= 4 is 17.7 Å². The summed E-state index contributed by atoms with van der Waals surface area (Å²) >= 11 is 0. The summed E-state index contributed by atoms with van der Waals surface area (Å²) in [6, 6.07) is 0.578. The minimum Gasteiger partial charge on any atom is -0.356 e. The molecule has 0 spiro atoms. The highest BCUT2D eigenvalue weighted by molar-refractivity contribution is 5.87. The van der Waals surface area contributed by atoms with Crippen LogP contribution in [-0.2, 0) is 4.79 Å². The third kappa shape index (κ3) is 3.47. The zero-order valence-corrected chi connectivity index (χ0v) is 13.4. The van der Waals surface area contributed by atoms with Crippen molar-refractivity contribution in [3.05, 3.63) is 24.9 Å². The number of amides is 1. The van der Waals surface area contributed by atoms with Gasteiger partial charge in [0.25, 0.3) is 5.92 Å². The molecule has 0 bridgehead atoms. The van der Waals surface area contributed by atoms with E-state index in [0.717, 1.165) is 42.7 Å². The molecule has 0 saturated carbocycles. The third-order valence-electron chi connectivity index (χ3n) is 4.43. The van der Waals surface area contributed by atoms with Gasteiger partial charge in [-0.15, -0.1) is 0 Å². The van der Waals surface area contributed by atoms with Crippen molar-refractivity contribution < 1.29 is 13.6 Å². The summed E-state index contributed by atoms with van der Waals surface area (Å²) in [4.78, 5) is 23.2. The number of piperidine rings is 1. The first-order chi connectivity index (χ1) is 11.5. The number of hydrogen-bond donors (Lipinski definition) is 1. The molecular formula is C16H21F2N5O. The Morgan fingerprint density at radius 1 is 1.38 bits per heavy atom. The monoisotopic (exact) mass is 337 g/mol. The number of halogens is 2. The Kier molecular flexibility index (Phi) is 4.64. The van der Waals surface area contributed by atoms with E-state index in [1.165, 1.54) is 6.42 Å². The lowest BCUT2D eigenvalue weighted by Crippen LogP contribution is -2.39. The van der Waals surface area contributed by atoms with E-state index in [4.69, 9.17) is 0 Å². The molecule has 2 fully saturated rings. The van der Waals surface area contributed by atoms with Gasteiger partial charge < -0.3 is 15.1 Å². The maximum Gasteiger partial charge on any atom is 0.286 e. The second kappa shape index (κ2) is 6.70. The van der Waals surface area contributed by atoms with Gasteiger partial charge in [-0.05, 0) is 31.4 Å². The van der Waals surface area contributed by atoms with Crippen LogP contribution >= 0.6 is 0 Å². The first-order valence-electron chi connectivity index (χ1n) is 8.13. The minimum absolute atomic E-state index is 0.102. The molecule has 24 heavy (non-hydrogen) atoms. The summed E-state index contributed by atoms with van der Waals surface area (Å²) in [6.45, 7) is 4.44. The van der Waals surface area contributed by atoms with Gasteiger partial charge in [-0.2, -0.15) is 4.98 Å². The first kappa shape index (κ1) is 16.6. The van der Waals surface area contributed by atoms with Gasteiger partial charge in [-0.3, -0.25) is 4.79 Å². The van der Waals surface area contributed by atoms with E-state index in [1.807, 2.05) is 0 Å². The number of hydrogen-bond acceptors (Lipinski definition) is 5. The fourth-order valence-corrected chi connectivity index (χ4v) is 3.11. The predicted molar refractivity (Wildman–Crippen MR) is 87.2 cm³/mol. The lowest BCUT2D eigenvalue weighted by atomic mass is 10.1. The zero-order chi connectivity index (χ0) is 17.2. The SMILES string of the molecule is C=CC(=O)N1CC(Nc2nccc(N3CCCCC3)n2)C(F)(F)C1. The summed E-state index contributed by atoms with van der Waals surface area (Å²) in [5.74, 6) is -2.63. The number of likely N-dealkylation sites (tertiary alicyclic amines) is 1. The highest BCUT2D eigenvalue weighted by Gasteiger charge is 2.49. The van der Waals surface area contributed by atoms with Crippen LogP contribution in [0.2, 0.25) is 0 Å². The fraction of sp³-hybridized carbons (Fsp3) is 0.562. The van der Waals surface area contributed by atoms with Crippen molar-refractivity contribution in [2.24, 2.45) is 0 Å². The normalized spacial score (nSPS) is 23.2. The van der Waals surface area contributed by atoms with E-state index in [9.17, 15) is 13.6 Å². The van der Waals surface area contributed by atoms with Gasteiger partial charge in [-0.1, -0.05) is 6.58 Å². The van der Waals surface area contributed by atoms with Crippen molar-refractivity contribution in [3.63, 3.8) is 0 Å². The quantitative estimate of drug-likeness (QED) is 0.851. The second-order valence-electron chi connectivity index (χ2n) is 6.17. The van der Waals surface area contributed by atoms with Crippen molar-refractivity contribution in [1.82, 2.24) is 14.9 Å². The van der Waals surface area contributed by atoms with Gasteiger partial charge in [0.1, 0.15) is 11.9 Å². The van der Waals surface area contributed by atoms with E-state index in [0.29, 0.717) is 0 Å². The molecule has 3 rings (SSSR count). The van der Waals surface area contributed by atoms with Gasteiger partial charge in [0.05, 0.1) is 6.54 Å². The third-order valence-corrected chi connectivity index (χ3v) is 4.43. The van der Waals surface area contributed by atoms with E-state index >= 15 is 0 Å². The van der Waals surface area contributed by atoms with Gasteiger partial charge in [-0.25, -0.2) is 13.8 Å². The second-order valence-corrected chi connectivity index (χ2v) is 6.17. The molecule has 2 aliphatic heterocycles. The summed E-state index contributed by atoms with van der Waals surface area (Å²) < 4.78 is 28.3. The van der Waals surface area contributed by atoms with Crippen molar-refractivity contribution in [2.75, 3.05) is 36.4 Å². The molecule has 0 radical (unpaired) electrons. The molecule has 6 nitrogen and oxygen atoms in total. The Bertz CT molecular complexity index is 618. The molecule has 1 aromatic rings. The van der Waals surface area contributed by atoms with Crippen LogP contribution in [0.5, 0.6) is 0 Å². The van der Waals surface area contributed by atoms with Crippen LogP contribution in [0.15, 0.2) is 24.9 Å². The average Bonchev–Trinajstić information content (AvgIpc) is 2.90. The van der Waals surface area contributed by atoms with Gasteiger partial charge in [0.2, 0.25) is 11.9 Å². The molecule has 1 amide bonds. The zero-order valence-electron chi connectivity index (χ0n) is 13.4. The fourth-order valence-electron chi connectivity index (χ4n) is 3.11. The lowest BCUT2D eigenvalue weighted by Gasteiger charge is -2.28. The Balaban J connectivity index is 1.71. The Morgan fingerprint density at radius 3 is 2.83 bits per heavy atom. The van der Waals surface area contributed by atoms with Crippen LogP contribution in [0, 0.1) is 0 Å². The molecule has 1 N–H and O–H groups in total. The van der Waals surface area contributed by atoms with E-state index in [1.54, 1.807) is 12.3 Å². The van der Waals surface area contributed by atoms with E-state index in [2.05, 4.69) is 26.8 Å². The first-order valence-corrected chi connectivity index (χ1v) is 8.13. The number of carbonyl (C=O) groups is 1. The molecule has 1 unspecified atom stereocenters.